The number of hydrazine groups is 1. The van der Waals surface area contributed by atoms with Crippen LogP contribution >= 0.6 is 0 Å². The van der Waals surface area contributed by atoms with Crippen LogP contribution in [0.4, 0.5) is 17.1 Å². The average Bonchev–Trinajstić information content (AvgIpc) is 2.81. The number of rotatable bonds is 5. The highest BCUT2D eigenvalue weighted by atomic mass is 16.6. The largest absolute Gasteiger partial charge is 0.384 e. The summed E-state index contributed by atoms with van der Waals surface area (Å²) in [6, 6.07) is 4.75. The van der Waals surface area contributed by atoms with E-state index in [4.69, 9.17) is 5.84 Å². The van der Waals surface area contributed by atoms with Gasteiger partial charge in [-0.15, -0.1) is 0 Å². The highest BCUT2D eigenvalue weighted by molar-refractivity contribution is 5.63. The summed E-state index contributed by atoms with van der Waals surface area (Å²) in [7, 11) is 0. The molecule has 2 unspecified atom stereocenters. The summed E-state index contributed by atoms with van der Waals surface area (Å²) in [4.78, 5) is 10.4. The SMILES string of the molecule is CC1CCCC1CNc1cc(NN)cc([N+](=O)[O-])c1. The molecule has 0 saturated heterocycles. The van der Waals surface area contributed by atoms with E-state index in [1.165, 1.54) is 25.3 Å². The number of hydrogen-bond acceptors (Lipinski definition) is 5. The van der Waals surface area contributed by atoms with Gasteiger partial charge in [-0.1, -0.05) is 19.8 Å². The minimum atomic E-state index is -0.412. The normalized spacial score (nSPS) is 22.2. The number of nitrogens with one attached hydrogen (secondary N) is 2. The van der Waals surface area contributed by atoms with Crippen molar-refractivity contribution in [3.63, 3.8) is 0 Å². The first-order chi connectivity index (χ1) is 9.10. The van der Waals surface area contributed by atoms with Gasteiger partial charge in [0.25, 0.3) is 5.69 Å². The topological polar surface area (TPSA) is 93.2 Å². The van der Waals surface area contributed by atoms with Gasteiger partial charge in [0.1, 0.15) is 0 Å². The molecule has 104 valence electrons. The van der Waals surface area contributed by atoms with E-state index in [-0.39, 0.29) is 5.69 Å². The Hall–Kier alpha value is -1.82. The number of nitrogens with zero attached hydrogens (tertiary/aromatic N) is 1. The summed E-state index contributed by atoms with van der Waals surface area (Å²) < 4.78 is 0. The summed E-state index contributed by atoms with van der Waals surface area (Å²) in [5.74, 6) is 6.70. The molecule has 0 heterocycles. The number of nitrogens with two attached hydrogens (primary N) is 1. The van der Waals surface area contributed by atoms with E-state index in [2.05, 4.69) is 17.7 Å². The van der Waals surface area contributed by atoms with Gasteiger partial charge in [0.15, 0.2) is 0 Å². The Morgan fingerprint density at radius 3 is 2.68 bits per heavy atom. The summed E-state index contributed by atoms with van der Waals surface area (Å²) in [6.07, 6.45) is 3.78. The molecule has 1 aromatic carbocycles. The quantitative estimate of drug-likeness (QED) is 0.432. The van der Waals surface area contributed by atoms with E-state index in [1.54, 1.807) is 12.1 Å². The van der Waals surface area contributed by atoms with Crippen molar-refractivity contribution in [1.29, 1.82) is 0 Å². The van der Waals surface area contributed by atoms with Gasteiger partial charge in [-0.25, -0.2) is 0 Å². The maximum Gasteiger partial charge on any atom is 0.273 e. The molecule has 0 aliphatic heterocycles. The zero-order chi connectivity index (χ0) is 13.8. The van der Waals surface area contributed by atoms with Gasteiger partial charge in [-0.2, -0.15) is 0 Å². The Morgan fingerprint density at radius 2 is 2.11 bits per heavy atom. The first-order valence-electron chi connectivity index (χ1n) is 6.60. The van der Waals surface area contributed by atoms with Gasteiger partial charge in [0, 0.05) is 24.4 Å². The number of nitro benzene ring substituents is 1. The number of anilines is 2. The average molecular weight is 264 g/mol. The molecular weight excluding hydrogens is 244 g/mol. The van der Waals surface area contributed by atoms with Crippen LogP contribution in [0.2, 0.25) is 0 Å². The van der Waals surface area contributed by atoms with Gasteiger partial charge in [0.05, 0.1) is 10.6 Å². The second-order valence-corrected chi connectivity index (χ2v) is 5.22. The summed E-state index contributed by atoms with van der Waals surface area (Å²) in [6.45, 7) is 3.12. The van der Waals surface area contributed by atoms with Crippen LogP contribution < -0.4 is 16.6 Å². The van der Waals surface area contributed by atoms with E-state index in [1.807, 2.05) is 0 Å². The van der Waals surface area contributed by atoms with Crippen molar-refractivity contribution in [2.45, 2.75) is 26.2 Å². The van der Waals surface area contributed by atoms with Gasteiger partial charge < -0.3 is 10.7 Å². The third-order valence-corrected chi connectivity index (χ3v) is 3.90. The second kappa shape index (κ2) is 5.88. The van der Waals surface area contributed by atoms with Crippen LogP contribution in [0, 0.1) is 22.0 Å². The molecule has 1 fully saturated rings. The lowest BCUT2D eigenvalue weighted by Gasteiger charge is -2.17. The van der Waals surface area contributed by atoms with E-state index in [0.717, 1.165) is 18.2 Å². The lowest BCUT2D eigenvalue weighted by Crippen LogP contribution is -2.16. The van der Waals surface area contributed by atoms with E-state index < -0.39 is 4.92 Å². The Bertz CT molecular complexity index is 464. The predicted molar refractivity (Wildman–Crippen MR) is 75.9 cm³/mol. The van der Waals surface area contributed by atoms with Crippen molar-refractivity contribution in [1.82, 2.24) is 0 Å². The van der Waals surface area contributed by atoms with Crippen molar-refractivity contribution in [3.05, 3.63) is 28.3 Å². The number of non-ortho nitro benzene ring substituents is 1. The van der Waals surface area contributed by atoms with Crippen LogP contribution in [0.1, 0.15) is 26.2 Å². The van der Waals surface area contributed by atoms with Crippen molar-refractivity contribution in [2.75, 3.05) is 17.3 Å². The highest BCUT2D eigenvalue weighted by Crippen LogP contribution is 2.32. The van der Waals surface area contributed by atoms with Gasteiger partial charge in [0.2, 0.25) is 0 Å². The first kappa shape index (κ1) is 13.6. The molecule has 19 heavy (non-hydrogen) atoms. The Balaban J connectivity index is 2.06. The van der Waals surface area contributed by atoms with Crippen molar-refractivity contribution < 1.29 is 4.92 Å². The summed E-state index contributed by atoms with van der Waals surface area (Å²) >= 11 is 0. The molecule has 1 aliphatic carbocycles. The standard InChI is InChI=1S/C13H20N4O2/c1-9-3-2-4-10(9)8-15-11-5-12(16-14)7-13(6-11)17(18)19/h5-7,9-10,15-16H,2-4,8,14H2,1H3. The van der Waals surface area contributed by atoms with Crippen LogP contribution in [-0.2, 0) is 0 Å². The number of benzene rings is 1. The Labute approximate surface area is 112 Å². The molecule has 1 aromatic rings. The second-order valence-electron chi connectivity index (χ2n) is 5.22. The van der Waals surface area contributed by atoms with E-state index >= 15 is 0 Å². The zero-order valence-electron chi connectivity index (χ0n) is 11.1. The Morgan fingerprint density at radius 1 is 1.37 bits per heavy atom. The third kappa shape index (κ3) is 3.35. The van der Waals surface area contributed by atoms with Crippen LogP contribution in [0.15, 0.2) is 18.2 Å². The molecule has 6 heteroatoms. The molecule has 2 rings (SSSR count). The Kier molecular flexibility index (Phi) is 4.21. The van der Waals surface area contributed by atoms with Crippen molar-refractivity contribution in [2.24, 2.45) is 17.7 Å². The fourth-order valence-electron chi connectivity index (χ4n) is 2.68. The number of nitrogen functional groups attached to an aromatic ring is 1. The molecule has 0 radical (unpaired) electrons. The van der Waals surface area contributed by atoms with E-state index in [9.17, 15) is 10.1 Å². The maximum absolute atomic E-state index is 10.8. The molecule has 6 nitrogen and oxygen atoms in total. The molecule has 0 spiro atoms. The van der Waals surface area contributed by atoms with Crippen LogP contribution in [0.3, 0.4) is 0 Å². The van der Waals surface area contributed by atoms with Crippen molar-refractivity contribution >= 4 is 17.1 Å². The zero-order valence-corrected chi connectivity index (χ0v) is 11.1. The number of nitro groups is 1. The van der Waals surface area contributed by atoms with Crippen LogP contribution in [-0.4, -0.2) is 11.5 Å². The van der Waals surface area contributed by atoms with Gasteiger partial charge in [-0.3, -0.25) is 16.0 Å². The summed E-state index contributed by atoms with van der Waals surface area (Å²) in [5.41, 5.74) is 3.77. The fraction of sp³-hybridized carbons (Fsp3) is 0.538. The summed E-state index contributed by atoms with van der Waals surface area (Å²) in [5, 5.41) is 14.1. The first-order valence-corrected chi connectivity index (χ1v) is 6.60. The molecule has 2 atom stereocenters. The minimum absolute atomic E-state index is 0.0393. The van der Waals surface area contributed by atoms with Crippen LogP contribution in [0.5, 0.6) is 0 Å². The molecule has 1 saturated carbocycles. The fourth-order valence-corrected chi connectivity index (χ4v) is 2.68. The molecule has 4 N–H and O–H groups in total. The van der Waals surface area contributed by atoms with Gasteiger partial charge in [-0.05, 0) is 24.3 Å². The van der Waals surface area contributed by atoms with Crippen LogP contribution in [0.25, 0.3) is 0 Å². The van der Waals surface area contributed by atoms with Crippen molar-refractivity contribution in [3.8, 4) is 0 Å². The molecule has 0 aromatic heterocycles. The molecular formula is C13H20N4O2. The molecule has 1 aliphatic rings. The highest BCUT2D eigenvalue weighted by Gasteiger charge is 2.23. The predicted octanol–water partition coefficient (Wildman–Crippen LogP) is 2.73. The smallest absolute Gasteiger partial charge is 0.273 e. The molecule has 0 amide bonds. The number of hydrogen-bond donors (Lipinski definition) is 3. The molecule has 0 bridgehead atoms. The van der Waals surface area contributed by atoms with E-state index in [0.29, 0.717) is 11.6 Å². The monoisotopic (exact) mass is 264 g/mol. The third-order valence-electron chi connectivity index (χ3n) is 3.90. The minimum Gasteiger partial charge on any atom is -0.384 e. The lowest BCUT2D eigenvalue weighted by molar-refractivity contribution is -0.384. The lowest BCUT2D eigenvalue weighted by atomic mass is 9.98. The maximum atomic E-state index is 10.8. The van der Waals surface area contributed by atoms with Gasteiger partial charge >= 0.3 is 0 Å².